The fraction of sp³-hybridized carbons (Fsp3) is 0.308. The molecule has 0 unspecified atom stereocenters. The van der Waals surface area contributed by atoms with Gasteiger partial charge in [-0.2, -0.15) is 5.10 Å². The van der Waals surface area contributed by atoms with E-state index in [4.69, 9.17) is 4.74 Å². The van der Waals surface area contributed by atoms with E-state index in [0.29, 0.717) is 24.6 Å². The molecule has 0 saturated heterocycles. The minimum atomic E-state index is -3.60. The van der Waals surface area contributed by atoms with Gasteiger partial charge in [0.15, 0.2) is 0 Å². The largest absolute Gasteiger partial charge is 0.494 e. The van der Waals surface area contributed by atoms with Crippen LogP contribution in [0.25, 0.3) is 0 Å². The van der Waals surface area contributed by atoms with Gasteiger partial charge in [0.05, 0.1) is 12.8 Å². The molecule has 0 fully saturated rings. The molecule has 0 bridgehead atoms. The summed E-state index contributed by atoms with van der Waals surface area (Å²) >= 11 is 0. The smallest absolute Gasteiger partial charge is 0.265 e. The topological polar surface area (TPSA) is 73.2 Å². The second kappa shape index (κ2) is 5.96. The highest BCUT2D eigenvalue weighted by molar-refractivity contribution is 7.92. The van der Waals surface area contributed by atoms with Crippen LogP contribution in [0, 0.1) is 0 Å². The zero-order valence-corrected chi connectivity index (χ0v) is 12.2. The summed E-state index contributed by atoms with van der Waals surface area (Å²) in [5, 5.41) is 3.96. The molecule has 0 saturated carbocycles. The van der Waals surface area contributed by atoms with E-state index in [1.54, 1.807) is 28.9 Å². The first-order valence-electron chi connectivity index (χ1n) is 6.33. The second-order valence-electron chi connectivity index (χ2n) is 4.09. The van der Waals surface area contributed by atoms with Gasteiger partial charge < -0.3 is 4.74 Å². The number of benzene rings is 1. The molecule has 0 aliphatic carbocycles. The lowest BCUT2D eigenvalue weighted by Gasteiger charge is -2.07. The Kier molecular flexibility index (Phi) is 4.29. The van der Waals surface area contributed by atoms with Gasteiger partial charge in [-0.3, -0.25) is 9.40 Å². The fourth-order valence-corrected chi connectivity index (χ4v) is 2.67. The van der Waals surface area contributed by atoms with Crippen LogP contribution in [0.5, 0.6) is 5.75 Å². The SMILES string of the molecule is CCOc1ccc(NS(=O)(=O)c2cnn(CC)c2)cc1. The van der Waals surface area contributed by atoms with Crippen molar-refractivity contribution in [1.29, 1.82) is 0 Å². The molecule has 0 amide bonds. The molecule has 2 aromatic rings. The quantitative estimate of drug-likeness (QED) is 0.885. The molecule has 0 atom stereocenters. The van der Waals surface area contributed by atoms with E-state index in [9.17, 15) is 8.42 Å². The third-order valence-electron chi connectivity index (χ3n) is 2.66. The summed E-state index contributed by atoms with van der Waals surface area (Å²) in [7, 11) is -3.60. The summed E-state index contributed by atoms with van der Waals surface area (Å²) in [6, 6.07) is 6.76. The summed E-state index contributed by atoms with van der Waals surface area (Å²) in [5.41, 5.74) is 0.484. The van der Waals surface area contributed by atoms with Crippen LogP contribution in [0.15, 0.2) is 41.6 Å². The Balaban J connectivity index is 2.15. The number of rotatable bonds is 6. The number of hydrogen-bond acceptors (Lipinski definition) is 4. The number of hydrogen-bond donors (Lipinski definition) is 1. The van der Waals surface area contributed by atoms with Crippen molar-refractivity contribution < 1.29 is 13.2 Å². The van der Waals surface area contributed by atoms with Crippen LogP contribution in [0.3, 0.4) is 0 Å². The number of nitrogens with zero attached hydrogens (tertiary/aromatic N) is 2. The third-order valence-corrected chi connectivity index (χ3v) is 4.00. The van der Waals surface area contributed by atoms with E-state index in [0.717, 1.165) is 0 Å². The number of aromatic nitrogens is 2. The Morgan fingerprint density at radius 1 is 1.25 bits per heavy atom. The molecule has 2 rings (SSSR count). The Morgan fingerprint density at radius 2 is 1.95 bits per heavy atom. The van der Waals surface area contributed by atoms with Crippen molar-refractivity contribution >= 4 is 15.7 Å². The predicted molar refractivity (Wildman–Crippen MR) is 76.3 cm³/mol. The zero-order chi connectivity index (χ0) is 14.6. The summed E-state index contributed by atoms with van der Waals surface area (Å²) < 4.78 is 33.7. The van der Waals surface area contributed by atoms with Crippen molar-refractivity contribution in [2.24, 2.45) is 0 Å². The van der Waals surface area contributed by atoms with Gasteiger partial charge in [-0.15, -0.1) is 0 Å². The van der Waals surface area contributed by atoms with Crippen LogP contribution in [0.2, 0.25) is 0 Å². The van der Waals surface area contributed by atoms with Crippen LogP contribution < -0.4 is 9.46 Å². The van der Waals surface area contributed by atoms with Crippen molar-refractivity contribution in [3.63, 3.8) is 0 Å². The third kappa shape index (κ3) is 3.30. The Morgan fingerprint density at radius 3 is 2.50 bits per heavy atom. The maximum Gasteiger partial charge on any atom is 0.265 e. The average Bonchev–Trinajstić information content (AvgIpc) is 2.91. The molecule has 108 valence electrons. The predicted octanol–water partition coefficient (Wildman–Crippen LogP) is 2.10. The van der Waals surface area contributed by atoms with E-state index in [-0.39, 0.29) is 4.90 Å². The van der Waals surface area contributed by atoms with Gasteiger partial charge in [0, 0.05) is 18.4 Å². The molecule has 0 spiro atoms. The van der Waals surface area contributed by atoms with Crippen molar-refractivity contribution in [3.05, 3.63) is 36.7 Å². The van der Waals surface area contributed by atoms with E-state index in [1.165, 1.54) is 12.4 Å². The van der Waals surface area contributed by atoms with E-state index < -0.39 is 10.0 Å². The molecule has 0 aliphatic heterocycles. The lowest BCUT2D eigenvalue weighted by Crippen LogP contribution is -2.12. The standard InChI is InChI=1S/C13H17N3O3S/c1-3-16-10-13(9-14-16)20(17,18)15-11-5-7-12(8-6-11)19-4-2/h5-10,15H,3-4H2,1-2H3. The number of ether oxygens (including phenoxy) is 1. The Labute approximate surface area is 118 Å². The fourth-order valence-electron chi connectivity index (χ4n) is 1.66. The van der Waals surface area contributed by atoms with Gasteiger partial charge in [0.2, 0.25) is 0 Å². The molecule has 20 heavy (non-hydrogen) atoms. The van der Waals surface area contributed by atoms with Gasteiger partial charge in [0.1, 0.15) is 10.6 Å². The minimum Gasteiger partial charge on any atom is -0.494 e. The maximum absolute atomic E-state index is 12.1. The summed E-state index contributed by atoms with van der Waals surface area (Å²) in [5.74, 6) is 0.703. The van der Waals surface area contributed by atoms with Gasteiger partial charge >= 0.3 is 0 Å². The first-order valence-corrected chi connectivity index (χ1v) is 7.81. The number of anilines is 1. The first kappa shape index (κ1) is 14.4. The highest BCUT2D eigenvalue weighted by Crippen LogP contribution is 2.19. The molecular formula is C13H17N3O3S. The maximum atomic E-state index is 12.1. The molecule has 1 aromatic carbocycles. The molecule has 0 aliphatic rings. The van der Waals surface area contributed by atoms with Gasteiger partial charge in [-0.05, 0) is 38.1 Å². The zero-order valence-electron chi connectivity index (χ0n) is 11.4. The van der Waals surface area contributed by atoms with Crippen molar-refractivity contribution in [2.45, 2.75) is 25.3 Å². The van der Waals surface area contributed by atoms with Crippen molar-refractivity contribution in [2.75, 3.05) is 11.3 Å². The Bertz CT molecular complexity index is 662. The van der Waals surface area contributed by atoms with Gasteiger partial charge in [-0.25, -0.2) is 8.42 Å². The van der Waals surface area contributed by atoms with Gasteiger partial charge in [-0.1, -0.05) is 0 Å². The van der Waals surface area contributed by atoms with Crippen LogP contribution in [-0.2, 0) is 16.6 Å². The molecule has 6 nitrogen and oxygen atoms in total. The molecule has 1 aromatic heterocycles. The van der Waals surface area contributed by atoms with Gasteiger partial charge in [0.25, 0.3) is 10.0 Å². The van der Waals surface area contributed by atoms with E-state index in [2.05, 4.69) is 9.82 Å². The van der Waals surface area contributed by atoms with Crippen LogP contribution in [0.1, 0.15) is 13.8 Å². The highest BCUT2D eigenvalue weighted by atomic mass is 32.2. The lowest BCUT2D eigenvalue weighted by atomic mass is 10.3. The monoisotopic (exact) mass is 295 g/mol. The summed E-state index contributed by atoms with van der Waals surface area (Å²) in [6.45, 7) is 4.98. The molecule has 1 N–H and O–H groups in total. The Hall–Kier alpha value is -2.02. The highest BCUT2D eigenvalue weighted by Gasteiger charge is 2.16. The molecule has 0 radical (unpaired) electrons. The number of nitrogens with one attached hydrogen (secondary N) is 1. The van der Waals surface area contributed by atoms with Crippen LogP contribution in [0.4, 0.5) is 5.69 Å². The van der Waals surface area contributed by atoms with E-state index in [1.807, 2.05) is 13.8 Å². The summed E-state index contributed by atoms with van der Waals surface area (Å²) in [6.07, 6.45) is 2.83. The number of aryl methyl sites for hydroxylation is 1. The molecular weight excluding hydrogens is 278 g/mol. The van der Waals surface area contributed by atoms with Crippen LogP contribution >= 0.6 is 0 Å². The van der Waals surface area contributed by atoms with Crippen molar-refractivity contribution in [1.82, 2.24) is 9.78 Å². The van der Waals surface area contributed by atoms with Crippen LogP contribution in [-0.4, -0.2) is 24.8 Å². The number of sulfonamides is 1. The van der Waals surface area contributed by atoms with E-state index >= 15 is 0 Å². The minimum absolute atomic E-state index is 0.147. The lowest BCUT2D eigenvalue weighted by molar-refractivity contribution is 0.340. The first-order chi connectivity index (χ1) is 9.55. The van der Waals surface area contributed by atoms with Crippen molar-refractivity contribution in [3.8, 4) is 5.75 Å². The molecule has 7 heteroatoms. The molecule has 1 heterocycles. The average molecular weight is 295 g/mol. The normalized spacial score (nSPS) is 11.3. The summed E-state index contributed by atoms with van der Waals surface area (Å²) in [4.78, 5) is 0.147. The second-order valence-corrected chi connectivity index (χ2v) is 5.78.